The van der Waals surface area contributed by atoms with E-state index in [1.54, 1.807) is 7.11 Å². The highest BCUT2D eigenvalue weighted by Gasteiger charge is 2.39. The van der Waals surface area contributed by atoms with Gasteiger partial charge in [-0.1, -0.05) is 12.5 Å². The fourth-order valence-electron chi connectivity index (χ4n) is 5.04. The Kier molecular flexibility index (Phi) is 5.21. The molecule has 2 heterocycles. The highest BCUT2D eigenvalue weighted by Crippen LogP contribution is 2.44. The van der Waals surface area contributed by atoms with Gasteiger partial charge in [-0.25, -0.2) is 0 Å². The molecule has 1 aliphatic carbocycles. The number of anilines is 1. The van der Waals surface area contributed by atoms with Crippen molar-refractivity contribution in [1.82, 2.24) is 4.90 Å². The number of methoxy groups -OCH3 is 1. The number of carbonyl (C=O) groups excluding carboxylic acids is 1. The normalized spacial score (nSPS) is 23.7. The number of benzene rings is 1. The minimum atomic E-state index is 0.456. The molecule has 2 aliphatic heterocycles. The van der Waals surface area contributed by atoms with Crippen molar-refractivity contribution in [2.24, 2.45) is 5.41 Å². The Labute approximate surface area is 157 Å². The maximum Gasteiger partial charge on any atom is 0.142 e. The number of hydrogen-bond acceptors (Lipinski definition) is 4. The molecule has 0 amide bonds. The molecular formula is C22H32N2O2. The summed E-state index contributed by atoms with van der Waals surface area (Å²) in [6.07, 6.45) is 11.1. The monoisotopic (exact) mass is 356 g/mol. The molecule has 4 nitrogen and oxygen atoms in total. The van der Waals surface area contributed by atoms with Gasteiger partial charge in [0.15, 0.2) is 0 Å². The van der Waals surface area contributed by atoms with Crippen molar-refractivity contribution in [3.63, 3.8) is 0 Å². The van der Waals surface area contributed by atoms with Crippen molar-refractivity contribution in [2.75, 3.05) is 38.2 Å². The average molecular weight is 357 g/mol. The number of aldehydes is 1. The highest BCUT2D eigenvalue weighted by molar-refractivity contribution is 5.63. The smallest absolute Gasteiger partial charge is 0.142 e. The van der Waals surface area contributed by atoms with E-state index >= 15 is 0 Å². The number of likely N-dealkylation sites (tertiary alicyclic amines) is 1. The molecule has 0 radical (unpaired) electrons. The lowest BCUT2D eigenvalue weighted by Crippen LogP contribution is -2.50. The van der Waals surface area contributed by atoms with E-state index in [9.17, 15) is 4.79 Å². The number of piperidine rings is 2. The zero-order valence-corrected chi connectivity index (χ0v) is 16.1. The van der Waals surface area contributed by atoms with Gasteiger partial charge in [0.05, 0.1) is 12.8 Å². The molecule has 4 rings (SSSR count). The van der Waals surface area contributed by atoms with E-state index in [2.05, 4.69) is 21.9 Å². The molecule has 1 spiro atoms. The van der Waals surface area contributed by atoms with E-state index in [0.717, 1.165) is 36.7 Å². The van der Waals surface area contributed by atoms with E-state index in [4.69, 9.17) is 4.74 Å². The van der Waals surface area contributed by atoms with Gasteiger partial charge in [-0.3, -0.25) is 0 Å². The van der Waals surface area contributed by atoms with Crippen LogP contribution >= 0.6 is 0 Å². The average Bonchev–Trinajstić information content (AvgIpc) is 2.63. The van der Waals surface area contributed by atoms with Gasteiger partial charge < -0.3 is 19.3 Å². The standard InChI is InChI=1S/C22H32N2O2/c1-26-21-17-18(7-16-25)5-6-20(21)24-14-10-22(11-15-24)8-12-23(13-9-22)19-3-2-4-19/h5-6,16-17,19H,2-4,7-15H2,1H3. The van der Waals surface area contributed by atoms with Crippen LogP contribution in [0, 0.1) is 5.41 Å². The summed E-state index contributed by atoms with van der Waals surface area (Å²) in [5.74, 6) is 0.903. The Morgan fingerprint density at radius 2 is 1.81 bits per heavy atom. The first-order valence-electron chi connectivity index (χ1n) is 10.3. The summed E-state index contributed by atoms with van der Waals surface area (Å²) < 4.78 is 5.62. The van der Waals surface area contributed by atoms with Crippen LogP contribution in [0.25, 0.3) is 0 Å². The predicted molar refractivity (Wildman–Crippen MR) is 105 cm³/mol. The lowest BCUT2D eigenvalue weighted by atomic mass is 9.70. The first-order chi connectivity index (χ1) is 12.7. The van der Waals surface area contributed by atoms with Crippen LogP contribution in [0.2, 0.25) is 0 Å². The molecule has 1 saturated carbocycles. The zero-order valence-electron chi connectivity index (χ0n) is 16.1. The summed E-state index contributed by atoms with van der Waals surface area (Å²) in [6, 6.07) is 7.12. The van der Waals surface area contributed by atoms with Crippen molar-refractivity contribution in [2.45, 2.75) is 57.4 Å². The van der Waals surface area contributed by atoms with Gasteiger partial charge in [-0.05, 0) is 74.7 Å². The molecule has 0 aromatic heterocycles. The Hall–Kier alpha value is -1.55. The third-order valence-corrected chi connectivity index (χ3v) is 7.18. The van der Waals surface area contributed by atoms with Gasteiger partial charge in [-0.15, -0.1) is 0 Å². The number of hydrogen-bond donors (Lipinski definition) is 0. The largest absolute Gasteiger partial charge is 0.495 e. The molecule has 142 valence electrons. The van der Waals surface area contributed by atoms with Crippen molar-refractivity contribution >= 4 is 12.0 Å². The van der Waals surface area contributed by atoms with Crippen LogP contribution in [-0.2, 0) is 11.2 Å². The fraction of sp³-hybridized carbons (Fsp3) is 0.682. The number of carbonyl (C=O) groups is 1. The Morgan fingerprint density at radius 1 is 1.12 bits per heavy atom. The van der Waals surface area contributed by atoms with Gasteiger partial charge in [-0.2, -0.15) is 0 Å². The summed E-state index contributed by atoms with van der Waals surface area (Å²) in [4.78, 5) is 16.0. The summed E-state index contributed by atoms with van der Waals surface area (Å²) >= 11 is 0. The number of ether oxygens (including phenoxy) is 1. The van der Waals surface area contributed by atoms with Crippen molar-refractivity contribution < 1.29 is 9.53 Å². The van der Waals surface area contributed by atoms with Crippen LogP contribution in [0.5, 0.6) is 5.75 Å². The van der Waals surface area contributed by atoms with Crippen LogP contribution in [0.1, 0.15) is 50.5 Å². The van der Waals surface area contributed by atoms with Crippen molar-refractivity contribution in [3.8, 4) is 5.75 Å². The second-order valence-electron chi connectivity index (χ2n) is 8.48. The third-order valence-electron chi connectivity index (χ3n) is 7.18. The molecule has 0 atom stereocenters. The van der Waals surface area contributed by atoms with Gasteiger partial charge in [0.1, 0.15) is 12.0 Å². The topological polar surface area (TPSA) is 32.8 Å². The Bertz CT molecular complexity index is 623. The quantitative estimate of drug-likeness (QED) is 0.754. The fourth-order valence-corrected chi connectivity index (χ4v) is 5.04. The SMILES string of the molecule is COc1cc(CC=O)ccc1N1CCC2(CC1)CCN(C1CCC1)CC2. The molecule has 0 N–H and O–H groups in total. The highest BCUT2D eigenvalue weighted by atomic mass is 16.5. The van der Waals surface area contributed by atoms with E-state index in [1.807, 2.05) is 6.07 Å². The van der Waals surface area contributed by atoms with E-state index in [1.165, 1.54) is 63.7 Å². The molecule has 0 bridgehead atoms. The first-order valence-corrected chi connectivity index (χ1v) is 10.3. The van der Waals surface area contributed by atoms with Gasteiger partial charge >= 0.3 is 0 Å². The van der Waals surface area contributed by atoms with Crippen LogP contribution in [0.15, 0.2) is 18.2 Å². The summed E-state index contributed by atoms with van der Waals surface area (Å²) in [5, 5.41) is 0. The first kappa shape index (κ1) is 17.8. The molecule has 3 aliphatic rings. The summed E-state index contributed by atoms with van der Waals surface area (Å²) in [5.41, 5.74) is 2.78. The lowest BCUT2D eigenvalue weighted by molar-refractivity contribution is -0.107. The molecule has 0 unspecified atom stereocenters. The summed E-state index contributed by atoms with van der Waals surface area (Å²) in [7, 11) is 1.73. The van der Waals surface area contributed by atoms with E-state index in [-0.39, 0.29) is 0 Å². The van der Waals surface area contributed by atoms with E-state index in [0.29, 0.717) is 11.8 Å². The van der Waals surface area contributed by atoms with Gasteiger partial charge in [0, 0.05) is 25.6 Å². The molecule has 1 aromatic rings. The second-order valence-corrected chi connectivity index (χ2v) is 8.48. The second kappa shape index (κ2) is 7.59. The molecule has 2 saturated heterocycles. The van der Waals surface area contributed by atoms with Crippen LogP contribution < -0.4 is 9.64 Å². The Balaban J connectivity index is 1.37. The number of nitrogens with zero attached hydrogens (tertiary/aromatic N) is 2. The minimum absolute atomic E-state index is 0.456. The molecular weight excluding hydrogens is 324 g/mol. The van der Waals surface area contributed by atoms with Gasteiger partial charge in [0.25, 0.3) is 0 Å². The maximum atomic E-state index is 10.8. The van der Waals surface area contributed by atoms with Crippen molar-refractivity contribution in [1.29, 1.82) is 0 Å². The van der Waals surface area contributed by atoms with Crippen LogP contribution in [0.3, 0.4) is 0 Å². The van der Waals surface area contributed by atoms with Gasteiger partial charge in [0.2, 0.25) is 0 Å². The molecule has 4 heteroatoms. The molecule has 3 fully saturated rings. The van der Waals surface area contributed by atoms with Crippen LogP contribution in [-0.4, -0.2) is 50.5 Å². The third kappa shape index (κ3) is 3.48. The molecule has 1 aromatic carbocycles. The Morgan fingerprint density at radius 3 is 2.38 bits per heavy atom. The van der Waals surface area contributed by atoms with E-state index < -0.39 is 0 Å². The zero-order chi connectivity index (χ0) is 18.0. The number of rotatable bonds is 5. The summed E-state index contributed by atoms with van der Waals surface area (Å²) in [6.45, 7) is 4.86. The van der Waals surface area contributed by atoms with Crippen LogP contribution in [0.4, 0.5) is 5.69 Å². The maximum absolute atomic E-state index is 10.8. The van der Waals surface area contributed by atoms with Crippen molar-refractivity contribution in [3.05, 3.63) is 23.8 Å². The predicted octanol–water partition coefficient (Wildman–Crippen LogP) is 3.67. The molecule has 26 heavy (non-hydrogen) atoms. The minimum Gasteiger partial charge on any atom is -0.495 e. The lowest BCUT2D eigenvalue weighted by Gasteiger charge is -2.50.